The van der Waals surface area contributed by atoms with E-state index in [1.165, 1.54) is 31.0 Å². The number of nitrogens with one attached hydrogen (secondary N) is 1. The van der Waals surface area contributed by atoms with Gasteiger partial charge in [-0.2, -0.15) is 0 Å². The van der Waals surface area contributed by atoms with Gasteiger partial charge in [-0.25, -0.2) is 0 Å². The molecule has 8 heteroatoms. The molecule has 1 amide bonds. The Morgan fingerprint density at radius 1 is 1.11 bits per heavy atom. The van der Waals surface area contributed by atoms with Gasteiger partial charge in [0.2, 0.25) is 5.91 Å². The SMILES string of the molecule is CCc1cccc(CC)c1NC(=O)CSc1nnc(COc2ccc(Cl)c(C)c2)n1C1CCCCC1. The molecule has 0 atom stereocenters. The van der Waals surface area contributed by atoms with Crippen LogP contribution in [0.2, 0.25) is 5.02 Å². The summed E-state index contributed by atoms with van der Waals surface area (Å²) < 4.78 is 8.26. The number of thioether (sulfide) groups is 1. The molecule has 192 valence electrons. The van der Waals surface area contributed by atoms with Gasteiger partial charge >= 0.3 is 0 Å². The molecule has 0 aliphatic heterocycles. The van der Waals surface area contributed by atoms with E-state index < -0.39 is 0 Å². The van der Waals surface area contributed by atoms with Crippen molar-refractivity contribution in [2.45, 2.75) is 83.5 Å². The predicted molar refractivity (Wildman–Crippen MR) is 147 cm³/mol. The van der Waals surface area contributed by atoms with Crippen molar-refractivity contribution in [1.82, 2.24) is 14.8 Å². The van der Waals surface area contributed by atoms with Crippen LogP contribution in [0.4, 0.5) is 5.69 Å². The van der Waals surface area contributed by atoms with Crippen molar-refractivity contribution < 1.29 is 9.53 Å². The van der Waals surface area contributed by atoms with Crippen molar-refractivity contribution >= 4 is 35.0 Å². The van der Waals surface area contributed by atoms with Gasteiger partial charge in [-0.15, -0.1) is 10.2 Å². The topological polar surface area (TPSA) is 69.0 Å². The van der Waals surface area contributed by atoms with E-state index >= 15 is 0 Å². The lowest BCUT2D eigenvalue weighted by Crippen LogP contribution is -2.19. The molecular formula is C28H35ClN4O2S. The zero-order chi connectivity index (χ0) is 25.5. The van der Waals surface area contributed by atoms with Gasteiger partial charge < -0.3 is 10.1 Å². The van der Waals surface area contributed by atoms with Gasteiger partial charge in [-0.1, -0.05) is 74.7 Å². The average molecular weight is 527 g/mol. The Balaban J connectivity index is 1.48. The number of nitrogens with zero attached hydrogens (tertiary/aromatic N) is 3. The first-order chi connectivity index (χ1) is 17.5. The molecule has 0 bridgehead atoms. The molecular weight excluding hydrogens is 492 g/mol. The Labute approximate surface area is 223 Å². The number of aromatic nitrogens is 3. The maximum absolute atomic E-state index is 13.0. The number of carbonyl (C=O) groups excluding carboxylic acids is 1. The van der Waals surface area contributed by atoms with E-state index in [0.29, 0.717) is 12.6 Å². The van der Waals surface area contributed by atoms with E-state index in [0.717, 1.165) is 69.8 Å². The molecule has 2 aromatic carbocycles. The third-order valence-corrected chi connectivity index (χ3v) is 8.14. The Morgan fingerprint density at radius 3 is 2.50 bits per heavy atom. The van der Waals surface area contributed by atoms with E-state index in [4.69, 9.17) is 16.3 Å². The minimum absolute atomic E-state index is 0.0248. The normalized spacial score (nSPS) is 14.1. The van der Waals surface area contributed by atoms with Crippen LogP contribution in [0, 0.1) is 6.92 Å². The smallest absolute Gasteiger partial charge is 0.234 e. The lowest BCUT2D eigenvalue weighted by molar-refractivity contribution is -0.113. The van der Waals surface area contributed by atoms with Crippen LogP contribution in [0.15, 0.2) is 41.6 Å². The molecule has 0 radical (unpaired) electrons. The second-order valence-corrected chi connectivity index (χ2v) is 10.6. The number of amides is 1. The summed E-state index contributed by atoms with van der Waals surface area (Å²) in [6.45, 7) is 6.50. The highest BCUT2D eigenvalue weighted by Gasteiger charge is 2.24. The van der Waals surface area contributed by atoms with Gasteiger partial charge in [0.05, 0.1) is 5.75 Å². The van der Waals surface area contributed by atoms with Gasteiger partial charge in [0.15, 0.2) is 11.0 Å². The summed E-state index contributed by atoms with van der Waals surface area (Å²) in [6, 6.07) is 12.2. The second kappa shape index (κ2) is 12.6. The molecule has 1 fully saturated rings. The van der Waals surface area contributed by atoms with Crippen molar-refractivity contribution in [3.63, 3.8) is 0 Å². The van der Waals surface area contributed by atoms with Crippen molar-refractivity contribution in [1.29, 1.82) is 0 Å². The standard InChI is InChI=1S/C28H35ClN4O2S/c1-4-20-10-9-11-21(5-2)27(20)30-26(34)18-36-28-32-31-25(33(28)22-12-7-6-8-13-22)17-35-23-14-15-24(29)19(3)16-23/h9-11,14-16,22H,4-8,12-13,17-18H2,1-3H3,(H,30,34). The molecule has 0 spiro atoms. The zero-order valence-corrected chi connectivity index (χ0v) is 22.9. The van der Waals surface area contributed by atoms with Crippen LogP contribution >= 0.6 is 23.4 Å². The first-order valence-corrected chi connectivity index (χ1v) is 14.2. The molecule has 1 heterocycles. The third-order valence-electron chi connectivity index (χ3n) is 6.77. The predicted octanol–water partition coefficient (Wildman–Crippen LogP) is 7.18. The molecule has 0 unspecified atom stereocenters. The Hall–Kier alpha value is -2.51. The molecule has 3 aromatic rings. The maximum atomic E-state index is 13.0. The number of rotatable bonds is 10. The summed E-state index contributed by atoms with van der Waals surface area (Å²) >= 11 is 7.60. The van der Waals surface area contributed by atoms with Crippen LogP contribution < -0.4 is 10.1 Å². The number of anilines is 1. The lowest BCUT2D eigenvalue weighted by Gasteiger charge is -2.25. The van der Waals surface area contributed by atoms with Crippen molar-refractivity contribution in [2.24, 2.45) is 0 Å². The number of carbonyl (C=O) groups is 1. The lowest BCUT2D eigenvalue weighted by atomic mass is 9.95. The van der Waals surface area contributed by atoms with E-state index in [1.54, 1.807) is 0 Å². The molecule has 1 saturated carbocycles. The van der Waals surface area contributed by atoms with Crippen molar-refractivity contribution in [3.8, 4) is 5.75 Å². The quantitative estimate of drug-likeness (QED) is 0.283. The number of halogens is 1. The number of aryl methyl sites for hydroxylation is 3. The summed E-state index contributed by atoms with van der Waals surface area (Å²) in [5.41, 5.74) is 4.25. The van der Waals surface area contributed by atoms with E-state index in [2.05, 4.69) is 52.1 Å². The molecule has 1 aromatic heterocycles. The molecule has 1 N–H and O–H groups in total. The Morgan fingerprint density at radius 2 is 1.83 bits per heavy atom. The summed E-state index contributed by atoms with van der Waals surface area (Å²) in [4.78, 5) is 13.0. The fourth-order valence-electron chi connectivity index (χ4n) is 4.77. The largest absolute Gasteiger partial charge is 0.486 e. The molecule has 1 aliphatic rings. The number of hydrogen-bond acceptors (Lipinski definition) is 5. The highest BCUT2D eigenvalue weighted by molar-refractivity contribution is 7.99. The van der Waals surface area contributed by atoms with Crippen LogP contribution in [0.5, 0.6) is 5.75 Å². The number of para-hydroxylation sites is 1. The summed E-state index contributed by atoms with van der Waals surface area (Å²) in [5, 5.41) is 13.6. The monoisotopic (exact) mass is 526 g/mol. The van der Waals surface area contributed by atoms with Crippen LogP contribution in [0.3, 0.4) is 0 Å². The van der Waals surface area contributed by atoms with E-state index in [1.807, 2.05) is 25.1 Å². The minimum Gasteiger partial charge on any atom is -0.486 e. The van der Waals surface area contributed by atoms with Gasteiger partial charge in [-0.3, -0.25) is 9.36 Å². The first kappa shape index (κ1) is 26.6. The Bertz CT molecular complexity index is 1170. The third kappa shape index (κ3) is 6.43. The first-order valence-electron chi connectivity index (χ1n) is 12.9. The van der Waals surface area contributed by atoms with Crippen molar-refractivity contribution in [2.75, 3.05) is 11.1 Å². The maximum Gasteiger partial charge on any atom is 0.234 e. The van der Waals surface area contributed by atoms with Gasteiger partial charge in [0.1, 0.15) is 12.4 Å². The summed E-state index contributed by atoms with van der Waals surface area (Å²) in [5.74, 6) is 1.80. The second-order valence-electron chi connectivity index (χ2n) is 9.26. The van der Waals surface area contributed by atoms with Gasteiger partial charge in [-0.05, 0) is 67.5 Å². The van der Waals surface area contributed by atoms with Crippen LogP contribution in [0.1, 0.15) is 74.5 Å². The number of hydrogen-bond donors (Lipinski definition) is 1. The summed E-state index contributed by atoms with van der Waals surface area (Å²) in [7, 11) is 0. The van der Waals surface area contributed by atoms with E-state index in [9.17, 15) is 4.79 Å². The minimum atomic E-state index is -0.0248. The molecule has 1 aliphatic carbocycles. The highest BCUT2D eigenvalue weighted by Crippen LogP contribution is 2.33. The molecule has 0 saturated heterocycles. The highest BCUT2D eigenvalue weighted by atomic mass is 35.5. The fraction of sp³-hybridized carbons (Fsp3) is 0.464. The molecule has 36 heavy (non-hydrogen) atoms. The number of ether oxygens (including phenoxy) is 1. The Kier molecular flexibility index (Phi) is 9.32. The number of benzene rings is 2. The average Bonchev–Trinajstić information content (AvgIpc) is 3.31. The van der Waals surface area contributed by atoms with E-state index in [-0.39, 0.29) is 11.7 Å². The van der Waals surface area contributed by atoms with Gasteiger partial charge in [0.25, 0.3) is 0 Å². The zero-order valence-electron chi connectivity index (χ0n) is 21.3. The molecule has 4 rings (SSSR count). The van der Waals surface area contributed by atoms with Gasteiger partial charge in [0, 0.05) is 16.8 Å². The van der Waals surface area contributed by atoms with Crippen LogP contribution in [-0.2, 0) is 24.2 Å². The van der Waals surface area contributed by atoms with Crippen LogP contribution in [-0.4, -0.2) is 26.4 Å². The molecule has 6 nitrogen and oxygen atoms in total. The summed E-state index contributed by atoms with van der Waals surface area (Å²) in [6.07, 6.45) is 7.58. The fourth-order valence-corrected chi connectivity index (χ4v) is 5.72. The van der Waals surface area contributed by atoms with Crippen molar-refractivity contribution in [3.05, 3.63) is 63.9 Å². The van der Waals surface area contributed by atoms with Crippen LogP contribution in [0.25, 0.3) is 0 Å².